The van der Waals surface area contributed by atoms with Crippen LogP contribution < -0.4 is 0 Å². The number of benzene rings is 1. The Labute approximate surface area is 88.7 Å². The smallest absolute Gasteiger partial charge is 0.283 e. The first-order valence-corrected chi connectivity index (χ1v) is 4.19. The van der Waals surface area contributed by atoms with Gasteiger partial charge in [-0.3, -0.25) is 0 Å². The van der Waals surface area contributed by atoms with Gasteiger partial charge < -0.3 is 5.11 Å². The maximum absolute atomic E-state index is 9.77. The van der Waals surface area contributed by atoms with E-state index in [0.717, 1.165) is 9.83 Å². The molecule has 0 amide bonds. The first-order chi connectivity index (χ1) is 6.24. The highest BCUT2D eigenvalue weighted by Crippen LogP contribution is 2.12. The molecular weight excluding hydrogens is 283 g/mol. The highest BCUT2D eigenvalue weighted by molar-refractivity contribution is 14.1. The summed E-state index contributed by atoms with van der Waals surface area (Å²) in [7, 11) is 0. The van der Waals surface area contributed by atoms with Crippen LogP contribution in [-0.2, 0) is 4.79 Å². The molecule has 1 N–H and O–H groups in total. The summed E-state index contributed by atoms with van der Waals surface area (Å²) in [6.07, 6.45) is 2.23. The largest absolute Gasteiger partial charge is 0.443 e. The van der Waals surface area contributed by atoms with E-state index in [-0.39, 0.29) is 0 Å². The Morgan fingerprint density at radius 2 is 1.85 bits per heavy atom. The van der Waals surface area contributed by atoms with E-state index in [9.17, 15) is 4.79 Å². The molecule has 1 aromatic rings. The molecule has 1 rings (SSSR count). The van der Waals surface area contributed by atoms with Gasteiger partial charge >= 0.3 is 0 Å². The van der Waals surface area contributed by atoms with Gasteiger partial charge in [0.15, 0.2) is 0 Å². The highest BCUT2D eigenvalue weighted by atomic mass is 127. The standard InChI is InChI=1S/C7H4INO.CHNO/c8-6-1-3-7(4-2-6)9-5-10;2-1-3/h1-4H;3H. The number of rotatable bonds is 1. The highest BCUT2D eigenvalue weighted by Gasteiger charge is 1.86. The van der Waals surface area contributed by atoms with Crippen molar-refractivity contribution in [3.8, 4) is 6.26 Å². The van der Waals surface area contributed by atoms with Crippen LogP contribution in [0.1, 0.15) is 0 Å². The second-order valence-electron chi connectivity index (χ2n) is 1.78. The lowest BCUT2D eigenvalue weighted by molar-refractivity contribution is 0.503. The van der Waals surface area contributed by atoms with Crippen molar-refractivity contribution in [1.29, 1.82) is 5.26 Å². The van der Waals surface area contributed by atoms with Crippen LogP contribution in [0.5, 0.6) is 0 Å². The zero-order valence-electron chi connectivity index (χ0n) is 6.44. The van der Waals surface area contributed by atoms with Crippen molar-refractivity contribution in [3.63, 3.8) is 0 Å². The van der Waals surface area contributed by atoms with Gasteiger partial charge in [-0.25, -0.2) is 4.79 Å². The molecule has 0 aliphatic carbocycles. The van der Waals surface area contributed by atoms with Gasteiger partial charge in [0.25, 0.3) is 6.26 Å². The van der Waals surface area contributed by atoms with Crippen molar-refractivity contribution in [2.75, 3.05) is 0 Å². The van der Waals surface area contributed by atoms with Crippen molar-refractivity contribution >= 4 is 34.4 Å². The van der Waals surface area contributed by atoms with Crippen molar-refractivity contribution in [1.82, 2.24) is 0 Å². The molecule has 0 atom stereocenters. The maximum atomic E-state index is 9.77. The third-order valence-electron chi connectivity index (χ3n) is 1.00. The predicted molar refractivity (Wildman–Crippen MR) is 54.5 cm³/mol. The van der Waals surface area contributed by atoms with Crippen molar-refractivity contribution in [2.45, 2.75) is 0 Å². The molecule has 0 unspecified atom stereocenters. The van der Waals surface area contributed by atoms with Crippen molar-refractivity contribution in [3.05, 3.63) is 27.8 Å². The van der Waals surface area contributed by atoms with Crippen LogP contribution in [0.4, 0.5) is 5.69 Å². The minimum absolute atomic E-state index is 0.649. The first kappa shape index (κ1) is 11.6. The molecule has 0 heterocycles. The molecule has 0 aromatic heterocycles. The molecular formula is C8H5IN2O2. The van der Waals surface area contributed by atoms with Gasteiger partial charge in [-0.05, 0) is 46.9 Å². The van der Waals surface area contributed by atoms with Crippen LogP contribution in [-0.4, -0.2) is 11.2 Å². The van der Waals surface area contributed by atoms with Crippen molar-refractivity contribution < 1.29 is 9.90 Å². The van der Waals surface area contributed by atoms with Crippen LogP contribution in [0.2, 0.25) is 0 Å². The number of hydrogen-bond donors (Lipinski definition) is 1. The van der Waals surface area contributed by atoms with E-state index in [1.807, 2.05) is 12.1 Å². The molecule has 5 heteroatoms. The number of hydrogen-bond acceptors (Lipinski definition) is 4. The SMILES string of the molecule is N#CO.O=C=Nc1ccc(I)cc1. The fourth-order valence-corrected chi connectivity index (χ4v) is 0.928. The summed E-state index contributed by atoms with van der Waals surface area (Å²) in [5.74, 6) is 0. The fourth-order valence-electron chi connectivity index (χ4n) is 0.568. The molecule has 1 aromatic carbocycles. The van der Waals surface area contributed by atoms with Gasteiger partial charge in [-0.15, -0.1) is 0 Å². The van der Waals surface area contributed by atoms with E-state index in [4.69, 9.17) is 10.4 Å². The van der Waals surface area contributed by atoms with Crippen LogP contribution in [0.15, 0.2) is 29.3 Å². The summed E-state index contributed by atoms with van der Waals surface area (Å²) in [6.45, 7) is 0. The number of carbonyl (C=O) groups excluding carboxylic acids is 1. The summed E-state index contributed by atoms with van der Waals surface area (Å²) in [4.78, 5) is 13.2. The lowest BCUT2D eigenvalue weighted by Gasteiger charge is -1.88. The minimum Gasteiger partial charge on any atom is -0.443 e. The van der Waals surface area contributed by atoms with E-state index in [1.165, 1.54) is 6.08 Å². The molecule has 0 spiro atoms. The van der Waals surface area contributed by atoms with Crippen molar-refractivity contribution in [2.24, 2.45) is 4.99 Å². The van der Waals surface area contributed by atoms with E-state index < -0.39 is 0 Å². The van der Waals surface area contributed by atoms with E-state index in [2.05, 4.69) is 27.6 Å². The second-order valence-corrected chi connectivity index (χ2v) is 3.03. The summed E-state index contributed by atoms with van der Waals surface area (Å²) < 4.78 is 1.13. The number of aliphatic hydroxyl groups excluding tert-OH is 1. The average Bonchev–Trinajstić information content (AvgIpc) is 2.11. The molecule has 0 saturated carbocycles. The number of nitriles is 1. The number of isocyanates is 1. The zero-order valence-corrected chi connectivity index (χ0v) is 8.59. The van der Waals surface area contributed by atoms with Gasteiger partial charge in [0, 0.05) is 3.57 Å². The molecule has 0 aliphatic heterocycles. The van der Waals surface area contributed by atoms with Gasteiger partial charge in [-0.1, -0.05) is 0 Å². The lowest BCUT2D eigenvalue weighted by Crippen LogP contribution is -1.66. The van der Waals surface area contributed by atoms with Gasteiger partial charge in [0.2, 0.25) is 6.08 Å². The number of aliphatic hydroxyl groups is 1. The third-order valence-corrected chi connectivity index (χ3v) is 1.72. The Morgan fingerprint density at radius 3 is 2.23 bits per heavy atom. The maximum Gasteiger partial charge on any atom is 0.283 e. The monoisotopic (exact) mass is 288 g/mol. The number of halogens is 1. The molecule has 13 heavy (non-hydrogen) atoms. The predicted octanol–water partition coefficient (Wildman–Crippen LogP) is 2.10. The van der Waals surface area contributed by atoms with Gasteiger partial charge in [0.1, 0.15) is 0 Å². The Kier molecular flexibility index (Phi) is 6.51. The Bertz CT molecular complexity index is 336. The van der Waals surface area contributed by atoms with E-state index in [0.29, 0.717) is 5.69 Å². The Morgan fingerprint density at radius 1 is 1.38 bits per heavy atom. The molecule has 0 saturated heterocycles. The topological polar surface area (TPSA) is 73.4 Å². The quantitative estimate of drug-likeness (QED) is 0.372. The third kappa shape index (κ3) is 5.84. The minimum atomic E-state index is 0.649. The van der Waals surface area contributed by atoms with Crippen LogP contribution >= 0.6 is 22.6 Å². The van der Waals surface area contributed by atoms with E-state index in [1.54, 1.807) is 12.1 Å². The van der Waals surface area contributed by atoms with Crippen LogP contribution in [0, 0.1) is 15.1 Å². The summed E-state index contributed by atoms with van der Waals surface area (Å²) in [5, 5.41) is 13.8. The Balaban J connectivity index is 0.000000424. The molecule has 0 fully saturated rings. The van der Waals surface area contributed by atoms with Gasteiger partial charge in [-0.2, -0.15) is 10.3 Å². The molecule has 0 radical (unpaired) electrons. The zero-order chi connectivity index (χ0) is 10.1. The van der Waals surface area contributed by atoms with Crippen LogP contribution in [0.3, 0.4) is 0 Å². The van der Waals surface area contributed by atoms with E-state index >= 15 is 0 Å². The normalized spacial score (nSPS) is 7.08. The fraction of sp³-hybridized carbons (Fsp3) is 0. The summed E-state index contributed by atoms with van der Waals surface area (Å²) >= 11 is 2.18. The first-order valence-electron chi connectivity index (χ1n) is 3.11. The second kappa shape index (κ2) is 7.28. The summed E-state index contributed by atoms with van der Waals surface area (Å²) in [5.41, 5.74) is 0.649. The molecule has 66 valence electrons. The van der Waals surface area contributed by atoms with Crippen LogP contribution in [0.25, 0.3) is 0 Å². The Hall–Kier alpha value is -1.38. The van der Waals surface area contributed by atoms with Gasteiger partial charge in [0.05, 0.1) is 5.69 Å². The molecule has 0 aliphatic rings. The molecule has 4 nitrogen and oxygen atoms in total. The number of aliphatic imine (C=N–C) groups is 1. The molecule has 0 bridgehead atoms. The summed E-state index contributed by atoms with van der Waals surface area (Å²) in [6, 6.07) is 7.31. The average molecular weight is 288 g/mol. The lowest BCUT2D eigenvalue weighted by atomic mass is 10.3. The number of nitrogens with zero attached hydrogens (tertiary/aromatic N) is 2.